The predicted molar refractivity (Wildman–Crippen MR) is 85.6 cm³/mol. The second kappa shape index (κ2) is 7.36. The van der Waals surface area contributed by atoms with Gasteiger partial charge in [-0.25, -0.2) is 0 Å². The second-order valence-corrected chi connectivity index (χ2v) is 5.06. The molecule has 0 spiro atoms. The Bertz CT molecular complexity index is 656. The fourth-order valence-electron chi connectivity index (χ4n) is 2.08. The van der Waals surface area contributed by atoms with Crippen molar-refractivity contribution in [3.05, 3.63) is 59.9 Å². The highest BCUT2D eigenvalue weighted by Crippen LogP contribution is 2.12. The molecule has 114 valence electrons. The van der Waals surface area contributed by atoms with E-state index in [9.17, 15) is 9.59 Å². The second-order valence-electron chi connectivity index (χ2n) is 5.06. The van der Waals surface area contributed by atoms with E-state index in [0.717, 1.165) is 5.69 Å². The van der Waals surface area contributed by atoms with Gasteiger partial charge in [-0.05, 0) is 30.3 Å². The number of nitrogens with zero attached hydrogens (tertiary/aromatic N) is 2. The number of benzene rings is 1. The smallest absolute Gasteiger partial charge is 0.253 e. The van der Waals surface area contributed by atoms with Gasteiger partial charge in [-0.15, -0.1) is 0 Å². The summed E-state index contributed by atoms with van der Waals surface area (Å²) in [6.07, 6.45) is 2.45. The van der Waals surface area contributed by atoms with Crippen LogP contribution in [-0.4, -0.2) is 35.3 Å². The normalized spacial score (nSPS) is 10.1. The number of nitrogens with one attached hydrogen (secondary N) is 1. The molecule has 0 aliphatic heterocycles. The first-order chi connectivity index (χ1) is 10.6. The molecule has 0 bridgehead atoms. The Morgan fingerprint density at radius 3 is 2.68 bits per heavy atom. The molecule has 2 aromatic rings. The largest absolute Gasteiger partial charge is 0.341 e. The van der Waals surface area contributed by atoms with Gasteiger partial charge >= 0.3 is 0 Å². The molecular weight excluding hydrogens is 278 g/mol. The van der Waals surface area contributed by atoms with Gasteiger partial charge in [-0.1, -0.05) is 12.1 Å². The minimum absolute atomic E-state index is 0.0804. The lowest BCUT2D eigenvalue weighted by atomic mass is 10.1. The fourth-order valence-corrected chi connectivity index (χ4v) is 2.08. The molecule has 0 aliphatic carbocycles. The third kappa shape index (κ3) is 4.41. The number of carbonyl (C=O) groups is 2. The zero-order valence-electron chi connectivity index (χ0n) is 12.7. The van der Waals surface area contributed by atoms with Crippen molar-refractivity contribution in [1.29, 1.82) is 0 Å². The lowest BCUT2D eigenvalue weighted by Crippen LogP contribution is -2.29. The average molecular weight is 297 g/mol. The maximum absolute atomic E-state index is 12.4. The molecule has 0 atom stereocenters. The first-order valence-electron chi connectivity index (χ1n) is 7.09. The van der Waals surface area contributed by atoms with Gasteiger partial charge in [0.25, 0.3) is 5.91 Å². The highest BCUT2D eigenvalue weighted by molar-refractivity contribution is 5.96. The van der Waals surface area contributed by atoms with Crippen molar-refractivity contribution in [2.45, 2.75) is 13.3 Å². The lowest BCUT2D eigenvalue weighted by molar-refractivity contribution is -0.114. The van der Waals surface area contributed by atoms with Crippen molar-refractivity contribution in [3.63, 3.8) is 0 Å². The molecule has 0 saturated heterocycles. The van der Waals surface area contributed by atoms with Gasteiger partial charge in [0.05, 0.1) is 0 Å². The number of anilines is 1. The van der Waals surface area contributed by atoms with Crippen molar-refractivity contribution in [1.82, 2.24) is 9.88 Å². The molecule has 0 saturated carbocycles. The zero-order chi connectivity index (χ0) is 15.9. The quantitative estimate of drug-likeness (QED) is 0.921. The Labute approximate surface area is 130 Å². The van der Waals surface area contributed by atoms with Gasteiger partial charge in [0.2, 0.25) is 5.91 Å². The molecular formula is C17H19N3O2. The van der Waals surface area contributed by atoms with Crippen LogP contribution in [0.3, 0.4) is 0 Å². The Balaban J connectivity index is 1.99. The fraction of sp³-hybridized carbons (Fsp3) is 0.235. The van der Waals surface area contributed by atoms with Crippen molar-refractivity contribution in [3.8, 4) is 0 Å². The molecule has 0 radical (unpaired) electrons. The van der Waals surface area contributed by atoms with E-state index in [1.807, 2.05) is 18.2 Å². The summed E-state index contributed by atoms with van der Waals surface area (Å²) in [4.78, 5) is 29.4. The van der Waals surface area contributed by atoms with E-state index >= 15 is 0 Å². The number of pyridine rings is 1. The first-order valence-corrected chi connectivity index (χ1v) is 7.09. The third-order valence-corrected chi connectivity index (χ3v) is 3.21. The maximum atomic E-state index is 12.4. The minimum Gasteiger partial charge on any atom is -0.341 e. The molecule has 2 rings (SSSR count). The average Bonchev–Trinajstić information content (AvgIpc) is 2.52. The molecule has 1 aromatic carbocycles. The predicted octanol–water partition coefficient (Wildman–Crippen LogP) is 2.35. The summed E-state index contributed by atoms with van der Waals surface area (Å²) in [6.45, 7) is 2.02. The number of amides is 2. The molecule has 1 aromatic heterocycles. The first kappa shape index (κ1) is 15.7. The summed E-state index contributed by atoms with van der Waals surface area (Å²) in [5, 5.41) is 2.68. The van der Waals surface area contributed by atoms with Crippen LogP contribution in [-0.2, 0) is 11.2 Å². The van der Waals surface area contributed by atoms with Crippen molar-refractivity contribution in [2.24, 2.45) is 0 Å². The van der Waals surface area contributed by atoms with Crippen LogP contribution in [0.25, 0.3) is 0 Å². The van der Waals surface area contributed by atoms with E-state index in [1.54, 1.807) is 42.4 Å². The molecule has 0 unspecified atom stereocenters. The van der Waals surface area contributed by atoms with Crippen LogP contribution in [0.4, 0.5) is 5.69 Å². The van der Waals surface area contributed by atoms with Gasteiger partial charge in [0, 0.05) is 50.1 Å². The lowest BCUT2D eigenvalue weighted by Gasteiger charge is -2.17. The molecule has 0 fully saturated rings. The number of likely N-dealkylation sites (N-methyl/N-ethyl adjacent to an activating group) is 1. The Kier molecular flexibility index (Phi) is 5.25. The van der Waals surface area contributed by atoms with Gasteiger partial charge in [-0.2, -0.15) is 0 Å². The van der Waals surface area contributed by atoms with Crippen molar-refractivity contribution < 1.29 is 9.59 Å². The van der Waals surface area contributed by atoms with Gasteiger partial charge in [0.1, 0.15) is 0 Å². The summed E-state index contributed by atoms with van der Waals surface area (Å²) in [7, 11) is 1.76. The highest BCUT2D eigenvalue weighted by Gasteiger charge is 2.12. The van der Waals surface area contributed by atoms with Crippen LogP contribution in [0, 0.1) is 0 Å². The van der Waals surface area contributed by atoms with E-state index in [2.05, 4.69) is 10.3 Å². The molecule has 22 heavy (non-hydrogen) atoms. The monoisotopic (exact) mass is 297 g/mol. The summed E-state index contributed by atoms with van der Waals surface area (Å²) >= 11 is 0. The Hall–Kier alpha value is -2.69. The summed E-state index contributed by atoms with van der Waals surface area (Å²) in [5.41, 5.74) is 2.13. The van der Waals surface area contributed by atoms with Crippen LogP contribution in [0.2, 0.25) is 0 Å². The van der Waals surface area contributed by atoms with Crippen LogP contribution in [0.1, 0.15) is 23.0 Å². The van der Waals surface area contributed by atoms with Crippen LogP contribution >= 0.6 is 0 Å². The number of hydrogen-bond donors (Lipinski definition) is 1. The van der Waals surface area contributed by atoms with Crippen LogP contribution in [0.15, 0.2) is 48.7 Å². The molecule has 1 heterocycles. The van der Waals surface area contributed by atoms with E-state index in [0.29, 0.717) is 24.2 Å². The number of carbonyl (C=O) groups excluding carboxylic acids is 2. The molecule has 0 aliphatic rings. The summed E-state index contributed by atoms with van der Waals surface area (Å²) in [5.74, 6) is -0.240. The Morgan fingerprint density at radius 2 is 2.00 bits per heavy atom. The zero-order valence-corrected chi connectivity index (χ0v) is 12.7. The molecule has 2 amide bonds. The van der Waals surface area contributed by atoms with E-state index in [1.165, 1.54) is 6.92 Å². The van der Waals surface area contributed by atoms with Gasteiger partial charge < -0.3 is 10.2 Å². The molecule has 5 heteroatoms. The topological polar surface area (TPSA) is 62.3 Å². The summed E-state index contributed by atoms with van der Waals surface area (Å²) < 4.78 is 0. The maximum Gasteiger partial charge on any atom is 0.253 e. The number of hydrogen-bond acceptors (Lipinski definition) is 3. The van der Waals surface area contributed by atoms with Crippen LogP contribution in [0.5, 0.6) is 0 Å². The molecule has 5 nitrogen and oxygen atoms in total. The van der Waals surface area contributed by atoms with E-state index < -0.39 is 0 Å². The van der Waals surface area contributed by atoms with Crippen molar-refractivity contribution >= 4 is 17.5 Å². The standard InChI is InChI=1S/C17H19N3O2/c1-13(21)19-16-8-5-6-14(12-16)17(22)20(2)11-9-15-7-3-4-10-18-15/h3-8,10,12H,9,11H2,1-2H3,(H,19,21). The Morgan fingerprint density at radius 1 is 1.18 bits per heavy atom. The molecule has 1 N–H and O–H groups in total. The van der Waals surface area contributed by atoms with Crippen molar-refractivity contribution in [2.75, 3.05) is 18.9 Å². The summed E-state index contributed by atoms with van der Waals surface area (Å²) in [6, 6.07) is 12.7. The minimum atomic E-state index is -0.159. The SMILES string of the molecule is CC(=O)Nc1cccc(C(=O)N(C)CCc2ccccn2)c1. The van der Waals surface area contributed by atoms with Gasteiger partial charge in [-0.3, -0.25) is 14.6 Å². The number of rotatable bonds is 5. The highest BCUT2D eigenvalue weighted by atomic mass is 16.2. The van der Waals surface area contributed by atoms with E-state index in [-0.39, 0.29) is 11.8 Å². The number of aromatic nitrogens is 1. The van der Waals surface area contributed by atoms with Crippen LogP contribution < -0.4 is 5.32 Å². The third-order valence-electron chi connectivity index (χ3n) is 3.21. The van der Waals surface area contributed by atoms with E-state index in [4.69, 9.17) is 0 Å². The van der Waals surface area contributed by atoms with Gasteiger partial charge in [0.15, 0.2) is 0 Å².